The number of halogens is 1. The summed E-state index contributed by atoms with van der Waals surface area (Å²) in [6.45, 7) is 4.33. The number of carboxylic acids is 1. The van der Waals surface area contributed by atoms with E-state index in [1.54, 1.807) is 6.08 Å². The van der Waals surface area contributed by atoms with Gasteiger partial charge in [-0.3, -0.25) is 0 Å². The van der Waals surface area contributed by atoms with E-state index in [0.717, 1.165) is 28.6 Å². The van der Waals surface area contributed by atoms with Gasteiger partial charge in [0, 0.05) is 29.3 Å². The van der Waals surface area contributed by atoms with Crippen LogP contribution < -0.4 is 4.90 Å². The third kappa shape index (κ3) is 4.39. The Morgan fingerprint density at radius 2 is 2.05 bits per heavy atom. The van der Waals surface area contributed by atoms with Crippen LogP contribution in [0.15, 0.2) is 28.7 Å². The van der Waals surface area contributed by atoms with Crippen LogP contribution in [-0.4, -0.2) is 24.2 Å². The molecule has 1 rings (SSSR count). The third-order valence-electron chi connectivity index (χ3n) is 3.27. The summed E-state index contributed by atoms with van der Waals surface area (Å²) in [7, 11) is 2.05. The molecule has 0 amide bonds. The topological polar surface area (TPSA) is 40.5 Å². The Balaban J connectivity index is 3.15. The number of carboxylic acid groups (broad SMARTS) is 1. The lowest BCUT2D eigenvalue weighted by Gasteiger charge is -2.30. The first-order chi connectivity index (χ1) is 8.99. The molecule has 0 aromatic heterocycles. The van der Waals surface area contributed by atoms with Crippen LogP contribution >= 0.6 is 15.9 Å². The monoisotopic (exact) mass is 325 g/mol. The standard InChI is InChI=1S/C15H20BrNO2/c1-4-13(5-2)17(3)14-8-7-12(16)10-11(14)6-9-15(18)19/h6-10,13H,4-5H2,1-3H3,(H,18,19)/b9-6+. The number of nitrogens with zero attached hydrogens (tertiary/aromatic N) is 1. The fraction of sp³-hybridized carbons (Fsp3) is 0.400. The van der Waals surface area contributed by atoms with Crippen molar-refractivity contribution < 1.29 is 9.90 Å². The smallest absolute Gasteiger partial charge is 0.328 e. The van der Waals surface area contributed by atoms with Gasteiger partial charge in [0.1, 0.15) is 0 Å². The largest absolute Gasteiger partial charge is 0.478 e. The van der Waals surface area contributed by atoms with Crippen molar-refractivity contribution in [1.29, 1.82) is 0 Å². The number of aliphatic carboxylic acids is 1. The lowest BCUT2D eigenvalue weighted by molar-refractivity contribution is -0.131. The molecule has 0 saturated carbocycles. The molecule has 0 aliphatic heterocycles. The fourth-order valence-corrected chi connectivity index (χ4v) is 2.55. The molecule has 3 nitrogen and oxygen atoms in total. The Bertz CT molecular complexity index is 467. The van der Waals surface area contributed by atoms with Gasteiger partial charge in [0.05, 0.1) is 0 Å². The minimum atomic E-state index is -0.934. The van der Waals surface area contributed by atoms with Gasteiger partial charge in [0.25, 0.3) is 0 Å². The van der Waals surface area contributed by atoms with E-state index in [1.807, 2.05) is 18.2 Å². The quantitative estimate of drug-likeness (QED) is 0.798. The van der Waals surface area contributed by atoms with Gasteiger partial charge < -0.3 is 10.0 Å². The first kappa shape index (κ1) is 15.8. The van der Waals surface area contributed by atoms with E-state index < -0.39 is 5.97 Å². The molecule has 0 bridgehead atoms. The van der Waals surface area contributed by atoms with E-state index >= 15 is 0 Å². The second-order valence-corrected chi connectivity index (χ2v) is 5.37. The van der Waals surface area contributed by atoms with Crippen molar-refractivity contribution in [2.24, 2.45) is 0 Å². The van der Waals surface area contributed by atoms with E-state index in [4.69, 9.17) is 5.11 Å². The zero-order valence-corrected chi connectivity index (χ0v) is 13.1. The molecular formula is C15H20BrNO2. The van der Waals surface area contributed by atoms with E-state index in [2.05, 4.69) is 41.7 Å². The summed E-state index contributed by atoms with van der Waals surface area (Å²) in [4.78, 5) is 12.9. The fourth-order valence-electron chi connectivity index (χ4n) is 2.17. The molecule has 0 aliphatic carbocycles. The molecule has 1 aromatic rings. The highest BCUT2D eigenvalue weighted by Crippen LogP contribution is 2.27. The zero-order valence-electron chi connectivity index (χ0n) is 11.6. The molecule has 0 fully saturated rings. The van der Waals surface area contributed by atoms with Crippen molar-refractivity contribution in [1.82, 2.24) is 0 Å². The summed E-state index contributed by atoms with van der Waals surface area (Å²) < 4.78 is 0.944. The molecule has 0 aliphatic rings. The number of anilines is 1. The molecule has 19 heavy (non-hydrogen) atoms. The molecule has 0 heterocycles. The first-order valence-electron chi connectivity index (χ1n) is 6.43. The first-order valence-corrected chi connectivity index (χ1v) is 7.22. The molecule has 0 spiro atoms. The van der Waals surface area contributed by atoms with Crippen LogP contribution in [0.4, 0.5) is 5.69 Å². The second-order valence-electron chi connectivity index (χ2n) is 4.46. The summed E-state index contributed by atoms with van der Waals surface area (Å²) in [5.74, 6) is -0.934. The van der Waals surface area contributed by atoms with Gasteiger partial charge >= 0.3 is 5.97 Å². The maximum absolute atomic E-state index is 10.7. The zero-order chi connectivity index (χ0) is 14.4. The molecular weight excluding hydrogens is 306 g/mol. The minimum Gasteiger partial charge on any atom is -0.478 e. The second kappa shape index (κ2) is 7.34. The third-order valence-corrected chi connectivity index (χ3v) is 3.76. The summed E-state index contributed by atoms with van der Waals surface area (Å²) in [6, 6.07) is 6.39. The Morgan fingerprint density at radius 1 is 1.42 bits per heavy atom. The number of hydrogen-bond acceptors (Lipinski definition) is 2. The Kier molecular flexibility index (Phi) is 6.09. The molecule has 1 N–H and O–H groups in total. The van der Waals surface area contributed by atoms with E-state index in [1.165, 1.54) is 6.08 Å². The maximum atomic E-state index is 10.7. The molecule has 104 valence electrons. The van der Waals surface area contributed by atoms with Crippen molar-refractivity contribution in [2.45, 2.75) is 32.7 Å². The summed E-state index contributed by atoms with van der Waals surface area (Å²) in [5, 5.41) is 8.76. The molecule has 4 heteroatoms. The number of hydrogen-bond donors (Lipinski definition) is 1. The molecule has 0 unspecified atom stereocenters. The Morgan fingerprint density at radius 3 is 2.58 bits per heavy atom. The van der Waals surface area contributed by atoms with Crippen molar-refractivity contribution in [2.75, 3.05) is 11.9 Å². The summed E-state index contributed by atoms with van der Waals surface area (Å²) in [6.07, 6.45) is 4.93. The van der Waals surface area contributed by atoms with Crippen molar-refractivity contribution in [3.63, 3.8) is 0 Å². The van der Waals surface area contributed by atoms with Gasteiger partial charge in [-0.1, -0.05) is 29.8 Å². The van der Waals surface area contributed by atoms with E-state index in [0.29, 0.717) is 6.04 Å². The van der Waals surface area contributed by atoms with Gasteiger partial charge in [-0.25, -0.2) is 4.79 Å². The predicted molar refractivity (Wildman–Crippen MR) is 83.6 cm³/mol. The minimum absolute atomic E-state index is 0.457. The highest BCUT2D eigenvalue weighted by molar-refractivity contribution is 9.10. The highest BCUT2D eigenvalue weighted by atomic mass is 79.9. The summed E-state index contributed by atoms with van der Waals surface area (Å²) >= 11 is 3.42. The average molecular weight is 326 g/mol. The summed E-state index contributed by atoms with van der Waals surface area (Å²) in [5.41, 5.74) is 1.96. The highest BCUT2D eigenvalue weighted by Gasteiger charge is 2.13. The van der Waals surface area contributed by atoms with Gasteiger partial charge in [-0.05, 0) is 42.7 Å². The van der Waals surface area contributed by atoms with Crippen LogP contribution in [0.25, 0.3) is 6.08 Å². The lowest BCUT2D eigenvalue weighted by atomic mass is 10.1. The molecule has 0 radical (unpaired) electrons. The molecule has 0 atom stereocenters. The molecule has 1 aromatic carbocycles. The number of carbonyl (C=O) groups is 1. The average Bonchev–Trinajstić information content (AvgIpc) is 2.37. The van der Waals surface area contributed by atoms with Gasteiger partial charge in [-0.15, -0.1) is 0 Å². The molecule has 0 saturated heterocycles. The van der Waals surface area contributed by atoms with Crippen molar-refractivity contribution >= 4 is 33.7 Å². The maximum Gasteiger partial charge on any atom is 0.328 e. The Hall–Kier alpha value is -1.29. The Labute approximate surface area is 123 Å². The van der Waals surface area contributed by atoms with E-state index in [-0.39, 0.29) is 0 Å². The lowest BCUT2D eigenvalue weighted by Crippen LogP contribution is -2.30. The normalized spacial score (nSPS) is 11.2. The van der Waals surface area contributed by atoms with Crippen LogP contribution in [0, 0.1) is 0 Å². The van der Waals surface area contributed by atoms with E-state index in [9.17, 15) is 4.79 Å². The van der Waals surface area contributed by atoms with Gasteiger partial charge in [-0.2, -0.15) is 0 Å². The van der Waals surface area contributed by atoms with Crippen LogP contribution in [0.5, 0.6) is 0 Å². The SMILES string of the molecule is CCC(CC)N(C)c1ccc(Br)cc1/C=C/C(=O)O. The van der Waals surface area contributed by atoms with Crippen LogP contribution in [0.2, 0.25) is 0 Å². The number of rotatable bonds is 6. The van der Waals surface area contributed by atoms with Crippen molar-refractivity contribution in [3.8, 4) is 0 Å². The van der Waals surface area contributed by atoms with Gasteiger partial charge in [0.2, 0.25) is 0 Å². The van der Waals surface area contributed by atoms with Gasteiger partial charge in [0.15, 0.2) is 0 Å². The van der Waals surface area contributed by atoms with Crippen LogP contribution in [0.1, 0.15) is 32.3 Å². The predicted octanol–water partition coefficient (Wildman–Crippen LogP) is 4.17. The van der Waals surface area contributed by atoms with Crippen molar-refractivity contribution in [3.05, 3.63) is 34.3 Å². The number of benzene rings is 1. The van der Waals surface area contributed by atoms with Crippen LogP contribution in [0.3, 0.4) is 0 Å². The van der Waals surface area contributed by atoms with Crippen LogP contribution in [-0.2, 0) is 4.79 Å².